The highest BCUT2D eigenvalue weighted by molar-refractivity contribution is 5.85. The Morgan fingerprint density at radius 3 is 2.70 bits per heavy atom. The van der Waals surface area contributed by atoms with E-state index in [2.05, 4.69) is 4.90 Å². The molecule has 0 spiro atoms. The molecule has 7 nitrogen and oxygen atoms in total. The van der Waals surface area contributed by atoms with Gasteiger partial charge in [-0.05, 0) is 43.2 Å². The van der Waals surface area contributed by atoms with E-state index in [-0.39, 0.29) is 17.3 Å². The number of rotatable bonds is 4. The maximum atomic E-state index is 14.0. The fourth-order valence-corrected chi connectivity index (χ4v) is 4.71. The Hall–Kier alpha value is -3.39. The van der Waals surface area contributed by atoms with Crippen LogP contribution in [0.1, 0.15) is 31.4 Å². The van der Waals surface area contributed by atoms with Crippen LogP contribution in [0.2, 0.25) is 0 Å². The summed E-state index contributed by atoms with van der Waals surface area (Å²) in [6.45, 7) is 4.46. The largest absolute Gasteiger partial charge is 0.440 e. The summed E-state index contributed by atoms with van der Waals surface area (Å²) in [6.07, 6.45) is 1.69. The third-order valence-electron chi connectivity index (χ3n) is 6.15. The molecule has 5 rings (SSSR count). The van der Waals surface area contributed by atoms with Crippen molar-refractivity contribution >= 4 is 28.5 Å². The highest BCUT2D eigenvalue weighted by atomic mass is 19.1. The van der Waals surface area contributed by atoms with E-state index in [1.54, 1.807) is 18.2 Å². The highest BCUT2D eigenvalue weighted by Gasteiger charge is 2.30. The summed E-state index contributed by atoms with van der Waals surface area (Å²) in [5.74, 6) is 0.0101. The minimum Gasteiger partial charge on any atom is -0.440 e. The summed E-state index contributed by atoms with van der Waals surface area (Å²) in [5.41, 5.74) is 1.77. The molecule has 8 heteroatoms. The maximum Gasteiger partial charge on any atom is 0.308 e. The molecule has 0 N–H and O–H groups in total. The van der Waals surface area contributed by atoms with Crippen LogP contribution in [0.5, 0.6) is 5.75 Å². The van der Waals surface area contributed by atoms with Gasteiger partial charge in [-0.1, -0.05) is 6.07 Å². The Morgan fingerprint density at radius 2 is 1.94 bits per heavy atom. The molecule has 3 heterocycles. The summed E-state index contributed by atoms with van der Waals surface area (Å²) in [7, 11) is 0. The van der Waals surface area contributed by atoms with E-state index in [9.17, 15) is 14.0 Å². The zero-order valence-corrected chi connectivity index (χ0v) is 18.4. The van der Waals surface area contributed by atoms with Gasteiger partial charge in [0.2, 0.25) is 0 Å². The van der Waals surface area contributed by atoms with Gasteiger partial charge < -0.3 is 23.7 Å². The molecule has 0 amide bonds. The summed E-state index contributed by atoms with van der Waals surface area (Å²) >= 11 is 0. The molecule has 2 aliphatic heterocycles. The lowest BCUT2D eigenvalue weighted by molar-refractivity contribution is -0.131. The Balaban J connectivity index is 1.66. The molecule has 2 aliphatic rings. The first-order valence-electron chi connectivity index (χ1n) is 11.1. The number of fused-ring (bicyclic) bond motifs is 1. The zero-order chi connectivity index (χ0) is 22.9. The van der Waals surface area contributed by atoms with Crippen molar-refractivity contribution in [3.05, 3.63) is 64.1 Å². The van der Waals surface area contributed by atoms with E-state index in [1.165, 1.54) is 25.1 Å². The summed E-state index contributed by atoms with van der Waals surface area (Å²) in [5, 5.41) is 0.354. The van der Waals surface area contributed by atoms with E-state index >= 15 is 0 Å². The fraction of sp³-hybridized carbons (Fsp3) is 0.360. The molecule has 2 aromatic carbocycles. The number of esters is 1. The van der Waals surface area contributed by atoms with E-state index in [1.807, 2.05) is 11.0 Å². The van der Waals surface area contributed by atoms with Crippen molar-refractivity contribution < 1.29 is 23.1 Å². The lowest BCUT2D eigenvalue weighted by Gasteiger charge is -2.29. The molecule has 172 valence electrons. The molecule has 0 radical (unpaired) electrons. The number of carbonyl (C=O) groups is 1. The van der Waals surface area contributed by atoms with E-state index in [0.717, 1.165) is 30.6 Å². The molecular weight excluding hydrogens is 427 g/mol. The van der Waals surface area contributed by atoms with Gasteiger partial charge in [0.25, 0.3) is 0 Å². The summed E-state index contributed by atoms with van der Waals surface area (Å²) < 4.78 is 31.1. The second-order valence-electron chi connectivity index (χ2n) is 8.36. The molecule has 2 saturated heterocycles. The van der Waals surface area contributed by atoms with Crippen LogP contribution in [0.25, 0.3) is 11.0 Å². The number of anilines is 2. The fourth-order valence-electron chi connectivity index (χ4n) is 4.71. The van der Waals surface area contributed by atoms with Crippen LogP contribution in [0, 0.1) is 5.82 Å². The van der Waals surface area contributed by atoms with Crippen LogP contribution in [0.15, 0.2) is 51.7 Å². The second kappa shape index (κ2) is 8.86. The third kappa shape index (κ3) is 4.30. The van der Waals surface area contributed by atoms with Gasteiger partial charge in [-0.3, -0.25) is 9.59 Å². The Kier molecular flexibility index (Phi) is 5.76. The number of morpholine rings is 1. The number of carbonyl (C=O) groups excluding carboxylic acids is 1. The molecule has 0 saturated carbocycles. The minimum atomic E-state index is -0.469. The average Bonchev–Trinajstić information content (AvgIpc) is 3.29. The molecule has 0 unspecified atom stereocenters. The second-order valence-corrected chi connectivity index (χ2v) is 8.36. The first kappa shape index (κ1) is 21.5. The number of nitrogens with zero attached hydrogens (tertiary/aromatic N) is 2. The normalized spacial score (nSPS) is 18.7. The number of benzene rings is 2. The SMILES string of the molecule is CC(=O)Oc1cc([C@H]2CCCN2c2cccc(F)c2)c2oc(N3CCOCC3)cc(=O)c2c1. The van der Waals surface area contributed by atoms with Crippen LogP contribution in [0.3, 0.4) is 0 Å². The van der Waals surface area contributed by atoms with E-state index < -0.39 is 5.97 Å². The topological polar surface area (TPSA) is 72.2 Å². The number of hydrogen-bond acceptors (Lipinski definition) is 7. The van der Waals surface area contributed by atoms with Crippen molar-refractivity contribution in [2.45, 2.75) is 25.8 Å². The van der Waals surface area contributed by atoms with Gasteiger partial charge in [0.15, 0.2) is 11.3 Å². The molecule has 3 aromatic rings. The smallest absolute Gasteiger partial charge is 0.308 e. The van der Waals surface area contributed by atoms with Gasteiger partial charge in [-0.15, -0.1) is 0 Å². The lowest BCUT2D eigenvalue weighted by Crippen LogP contribution is -2.36. The van der Waals surface area contributed by atoms with Crippen molar-refractivity contribution in [3.63, 3.8) is 0 Å². The summed E-state index contributed by atoms with van der Waals surface area (Å²) in [4.78, 5) is 28.9. The van der Waals surface area contributed by atoms with Gasteiger partial charge in [0.05, 0.1) is 24.6 Å². The van der Waals surface area contributed by atoms with Crippen LogP contribution in [0.4, 0.5) is 16.0 Å². The molecule has 33 heavy (non-hydrogen) atoms. The average molecular weight is 452 g/mol. The van der Waals surface area contributed by atoms with Gasteiger partial charge in [0, 0.05) is 43.9 Å². The van der Waals surface area contributed by atoms with Crippen LogP contribution < -0.4 is 20.0 Å². The first-order valence-corrected chi connectivity index (χ1v) is 11.1. The van der Waals surface area contributed by atoms with Gasteiger partial charge in [-0.2, -0.15) is 0 Å². The van der Waals surface area contributed by atoms with Crippen LogP contribution in [-0.4, -0.2) is 38.8 Å². The molecule has 0 bridgehead atoms. The van der Waals surface area contributed by atoms with Crippen LogP contribution in [-0.2, 0) is 9.53 Å². The van der Waals surface area contributed by atoms with Crippen molar-refractivity contribution in [1.82, 2.24) is 0 Å². The number of halogens is 1. The lowest BCUT2D eigenvalue weighted by atomic mass is 10.00. The maximum absolute atomic E-state index is 14.0. The van der Waals surface area contributed by atoms with Crippen molar-refractivity contribution in [1.29, 1.82) is 0 Å². The Labute approximate surface area is 190 Å². The monoisotopic (exact) mass is 452 g/mol. The summed E-state index contributed by atoms with van der Waals surface area (Å²) in [6, 6.07) is 11.1. The quantitative estimate of drug-likeness (QED) is 0.437. The number of hydrogen-bond donors (Lipinski definition) is 0. The molecule has 1 atom stereocenters. The van der Waals surface area contributed by atoms with Crippen molar-refractivity contribution in [3.8, 4) is 5.75 Å². The molecule has 0 aliphatic carbocycles. The Bertz CT molecular complexity index is 1250. The molecular formula is C25H25FN2O5. The zero-order valence-electron chi connectivity index (χ0n) is 18.4. The number of ether oxygens (including phenoxy) is 2. The first-order chi connectivity index (χ1) is 16.0. The van der Waals surface area contributed by atoms with Gasteiger partial charge in [0.1, 0.15) is 17.1 Å². The van der Waals surface area contributed by atoms with Gasteiger partial charge in [-0.25, -0.2) is 4.39 Å². The molecule has 1 aromatic heterocycles. The predicted molar refractivity (Wildman–Crippen MR) is 123 cm³/mol. The highest BCUT2D eigenvalue weighted by Crippen LogP contribution is 2.41. The van der Waals surface area contributed by atoms with Gasteiger partial charge >= 0.3 is 5.97 Å². The standard InChI is InChI=1S/C25H25FN2O5/c1-16(29)32-19-13-20(22-6-3-7-28(22)18-5-2-4-17(26)12-18)25-21(14-19)23(30)15-24(33-25)27-8-10-31-11-9-27/h2,4-5,12-15,22H,3,6-11H2,1H3/t22-/m1/s1. The van der Waals surface area contributed by atoms with E-state index in [4.69, 9.17) is 13.9 Å². The third-order valence-corrected chi connectivity index (χ3v) is 6.15. The minimum absolute atomic E-state index is 0.159. The van der Waals surface area contributed by atoms with Crippen molar-refractivity contribution in [2.24, 2.45) is 0 Å². The predicted octanol–water partition coefficient (Wildman–Crippen LogP) is 4.04. The Morgan fingerprint density at radius 1 is 1.12 bits per heavy atom. The van der Waals surface area contributed by atoms with E-state index in [0.29, 0.717) is 48.9 Å². The van der Waals surface area contributed by atoms with Crippen molar-refractivity contribution in [2.75, 3.05) is 42.6 Å². The molecule has 2 fully saturated rings. The van der Waals surface area contributed by atoms with Crippen LogP contribution >= 0.6 is 0 Å².